The fourth-order valence-corrected chi connectivity index (χ4v) is 4.75. The Kier molecular flexibility index (Phi) is 7.42. The van der Waals surface area contributed by atoms with Crippen LogP contribution in [0.3, 0.4) is 0 Å². The Morgan fingerprint density at radius 1 is 1.15 bits per heavy atom. The number of nitrogens with one attached hydrogen (secondary N) is 4. The molecule has 0 aliphatic rings. The van der Waals surface area contributed by atoms with Gasteiger partial charge in [-0.3, -0.25) is 9.89 Å². The molecule has 0 saturated heterocycles. The Bertz CT molecular complexity index is 1690. The number of imidazole rings is 1. The molecule has 4 N–H and O–H groups in total. The highest BCUT2D eigenvalue weighted by Gasteiger charge is 2.22. The van der Waals surface area contributed by atoms with Crippen LogP contribution < -0.4 is 16.0 Å². The highest BCUT2D eigenvalue weighted by atomic mass is 35.5. The quantitative estimate of drug-likeness (QED) is 0.149. The second-order valence-corrected chi connectivity index (χ2v) is 9.35. The molecule has 10 nitrogen and oxygen atoms in total. The number of hydrogen-bond donors (Lipinski definition) is 4. The zero-order valence-corrected chi connectivity index (χ0v) is 22.2. The van der Waals surface area contributed by atoms with Crippen molar-refractivity contribution in [1.82, 2.24) is 35.0 Å². The lowest BCUT2D eigenvalue weighted by Gasteiger charge is -2.16. The van der Waals surface area contributed by atoms with E-state index in [1.807, 2.05) is 36.7 Å². The minimum Gasteiger partial charge on any atom is -0.368 e. The third kappa shape index (κ3) is 5.26. The first-order chi connectivity index (χ1) is 18.9. The molecule has 3 heterocycles. The maximum absolute atomic E-state index is 16.4. The number of fused-ring (bicyclic) bond motifs is 2. The van der Waals surface area contributed by atoms with Crippen molar-refractivity contribution in [3.63, 3.8) is 0 Å². The number of benzene rings is 2. The summed E-state index contributed by atoms with van der Waals surface area (Å²) in [5.74, 6) is 0.676. The Morgan fingerprint density at radius 2 is 2.00 bits per heavy atom. The Morgan fingerprint density at radius 3 is 2.77 bits per heavy atom. The van der Waals surface area contributed by atoms with Crippen LogP contribution in [0, 0.1) is 19.7 Å². The number of amides is 1. The summed E-state index contributed by atoms with van der Waals surface area (Å²) in [7, 11) is 0. The van der Waals surface area contributed by atoms with Gasteiger partial charge in [0, 0.05) is 60.5 Å². The standard InChI is InChI=1S/C27H27ClFN9O/c1-4-21(39)31-7-8-32-26-17-13-19(28)23(22-15(2)5-6-20-18(22)14-34-37-20)24(29)25(17)35-27(36-26)33-10-12-38-11-9-30-16(38)3/h4-6,9,11,13-14H,1,7-8,10,12H2,2-3H3,(H,31,39)(H,34,37)(H2,32,33,35,36). The molecule has 5 aromatic rings. The molecule has 0 fully saturated rings. The van der Waals surface area contributed by atoms with E-state index in [9.17, 15) is 4.79 Å². The molecule has 3 aromatic heterocycles. The number of carbonyl (C=O) groups excluding carboxylic acids is 1. The predicted octanol–water partition coefficient (Wildman–Crippen LogP) is 4.61. The van der Waals surface area contributed by atoms with Crippen LogP contribution in [0.5, 0.6) is 0 Å². The summed E-state index contributed by atoms with van der Waals surface area (Å²) in [5, 5.41) is 17.5. The van der Waals surface area contributed by atoms with Gasteiger partial charge in [-0.05, 0) is 37.6 Å². The Hall–Kier alpha value is -4.51. The van der Waals surface area contributed by atoms with E-state index in [1.54, 1.807) is 18.5 Å². The van der Waals surface area contributed by atoms with E-state index in [1.165, 1.54) is 6.08 Å². The molecular weight excluding hydrogens is 521 g/mol. The zero-order valence-electron chi connectivity index (χ0n) is 21.5. The third-order valence-electron chi connectivity index (χ3n) is 6.43. The van der Waals surface area contributed by atoms with Crippen molar-refractivity contribution in [1.29, 1.82) is 0 Å². The van der Waals surface area contributed by atoms with E-state index in [0.29, 0.717) is 42.9 Å². The third-order valence-corrected chi connectivity index (χ3v) is 6.73. The number of anilines is 2. The number of nitrogens with zero attached hydrogens (tertiary/aromatic N) is 5. The van der Waals surface area contributed by atoms with Gasteiger partial charge in [-0.1, -0.05) is 24.2 Å². The summed E-state index contributed by atoms with van der Waals surface area (Å²) in [5.41, 5.74) is 2.63. The second kappa shape index (κ2) is 11.1. The molecule has 0 bridgehead atoms. The number of H-pyrrole nitrogens is 1. The van der Waals surface area contributed by atoms with E-state index in [4.69, 9.17) is 11.6 Å². The van der Waals surface area contributed by atoms with Gasteiger partial charge in [0.15, 0.2) is 5.82 Å². The normalized spacial score (nSPS) is 11.2. The van der Waals surface area contributed by atoms with Crippen molar-refractivity contribution in [3.05, 3.63) is 71.7 Å². The van der Waals surface area contributed by atoms with Gasteiger partial charge in [-0.15, -0.1) is 0 Å². The topological polar surface area (TPSA) is 125 Å². The number of rotatable bonds is 10. The monoisotopic (exact) mass is 547 g/mol. The van der Waals surface area contributed by atoms with Gasteiger partial charge in [0.05, 0.1) is 16.7 Å². The van der Waals surface area contributed by atoms with Crippen molar-refractivity contribution in [3.8, 4) is 11.1 Å². The highest BCUT2D eigenvalue weighted by molar-refractivity contribution is 6.35. The average Bonchev–Trinajstić information content (AvgIpc) is 3.57. The van der Waals surface area contributed by atoms with Gasteiger partial charge in [0.25, 0.3) is 0 Å². The van der Waals surface area contributed by atoms with E-state index in [2.05, 4.69) is 47.7 Å². The number of aromatic amines is 1. The summed E-state index contributed by atoms with van der Waals surface area (Å²) in [6, 6.07) is 5.45. The number of aromatic nitrogens is 6. The van der Waals surface area contributed by atoms with E-state index >= 15 is 4.39 Å². The van der Waals surface area contributed by atoms with Crippen molar-refractivity contribution in [2.75, 3.05) is 30.3 Å². The first kappa shape index (κ1) is 26.1. The molecule has 0 unspecified atom stereocenters. The summed E-state index contributed by atoms with van der Waals surface area (Å²) in [4.78, 5) is 24.9. The Labute approximate surface area is 228 Å². The maximum Gasteiger partial charge on any atom is 0.243 e. The molecule has 0 aliphatic carbocycles. The summed E-state index contributed by atoms with van der Waals surface area (Å²) in [6.07, 6.45) is 6.48. The number of hydrogen-bond acceptors (Lipinski definition) is 7. The van der Waals surface area contributed by atoms with Gasteiger partial charge in [0.2, 0.25) is 11.9 Å². The molecule has 0 spiro atoms. The fourth-order valence-electron chi connectivity index (χ4n) is 4.46. The zero-order chi connectivity index (χ0) is 27.5. The molecule has 2 aromatic carbocycles. The lowest BCUT2D eigenvalue weighted by molar-refractivity contribution is -0.116. The molecule has 1 amide bonds. The van der Waals surface area contributed by atoms with Crippen LogP contribution in [0.2, 0.25) is 5.02 Å². The maximum atomic E-state index is 16.4. The van der Waals surface area contributed by atoms with Crippen molar-refractivity contribution in [2.45, 2.75) is 20.4 Å². The van der Waals surface area contributed by atoms with Gasteiger partial charge in [-0.2, -0.15) is 10.1 Å². The lowest BCUT2D eigenvalue weighted by Crippen LogP contribution is -2.27. The van der Waals surface area contributed by atoms with Crippen LogP contribution in [0.25, 0.3) is 32.9 Å². The highest BCUT2D eigenvalue weighted by Crippen LogP contribution is 2.41. The molecule has 200 valence electrons. The SMILES string of the molecule is C=CC(=O)NCCNc1nc(NCCn2ccnc2C)nc2c(F)c(-c3c(C)ccc4[nH]ncc34)c(Cl)cc12. The summed E-state index contributed by atoms with van der Waals surface area (Å²) in [6.45, 7) is 9.04. The number of carbonyl (C=O) groups is 1. The van der Waals surface area contributed by atoms with Crippen molar-refractivity contribution < 1.29 is 9.18 Å². The largest absolute Gasteiger partial charge is 0.368 e. The smallest absolute Gasteiger partial charge is 0.243 e. The van der Waals surface area contributed by atoms with E-state index in [-0.39, 0.29) is 28.0 Å². The average molecular weight is 548 g/mol. The van der Waals surface area contributed by atoms with Crippen molar-refractivity contribution >= 4 is 51.1 Å². The molecule has 0 aliphatic heterocycles. The van der Waals surface area contributed by atoms with Crippen LogP contribution in [-0.4, -0.2) is 55.3 Å². The molecule has 0 atom stereocenters. The van der Waals surface area contributed by atoms with Crippen LogP contribution in [0.4, 0.5) is 16.2 Å². The second-order valence-electron chi connectivity index (χ2n) is 8.94. The fraction of sp³-hybridized carbons (Fsp3) is 0.222. The van der Waals surface area contributed by atoms with Crippen LogP contribution in [-0.2, 0) is 11.3 Å². The first-order valence-corrected chi connectivity index (χ1v) is 12.7. The number of halogens is 2. The van der Waals surface area contributed by atoms with Gasteiger partial charge >= 0.3 is 0 Å². The van der Waals surface area contributed by atoms with E-state index in [0.717, 1.165) is 22.3 Å². The summed E-state index contributed by atoms with van der Waals surface area (Å²) < 4.78 is 18.4. The first-order valence-electron chi connectivity index (χ1n) is 12.4. The Balaban J connectivity index is 1.56. The molecule has 0 saturated carbocycles. The number of aryl methyl sites for hydroxylation is 2. The van der Waals surface area contributed by atoms with Gasteiger partial charge in [-0.25, -0.2) is 14.4 Å². The van der Waals surface area contributed by atoms with Crippen molar-refractivity contribution in [2.24, 2.45) is 0 Å². The van der Waals surface area contributed by atoms with Crippen LogP contribution >= 0.6 is 11.6 Å². The molecule has 39 heavy (non-hydrogen) atoms. The van der Waals surface area contributed by atoms with Gasteiger partial charge < -0.3 is 20.5 Å². The predicted molar refractivity (Wildman–Crippen MR) is 151 cm³/mol. The molecule has 12 heteroatoms. The minimum absolute atomic E-state index is 0.114. The lowest BCUT2D eigenvalue weighted by atomic mass is 9.95. The minimum atomic E-state index is -0.562. The molecule has 0 radical (unpaired) electrons. The van der Waals surface area contributed by atoms with Crippen LogP contribution in [0.15, 0.2) is 49.4 Å². The van der Waals surface area contributed by atoms with Gasteiger partial charge in [0.1, 0.15) is 17.2 Å². The molecular formula is C27H27ClFN9O. The summed E-state index contributed by atoms with van der Waals surface area (Å²) >= 11 is 6.72. The van der Waals surface area contributed by atoms with Crippen LogP contribution in [0.1, 0.15) is 11.4 Å². The molecule has 5 rings (SSSR count). The van der Waals surface area contributed by atoms with E-state index < -0.39 is 5.82 Å².